The van der Waals surface area contributed by atoms with Crippen LogP contribution < -0.4 is 11.2 Å². The highest BCUT2D eigenvalue weighted by atomic mass is 32.1. The predicted molar refractivity (Wildman–Crippen MR) is 80.5 cm³/mol. The average Bonchev–Trinajstić information content (AvgIpc) is 2.94. The van der Waals surface area contributed by atoms with Gasteiger partial charge in [-0.15, -0.1) is 17.8 Å². The summed E-state index contributed by atoms with van der Waals surface area (Å²) in [5, 5.41) is 1.79. The maximum Gasteiger partial charge on any atom is 0.337 e. The van der Waals surface area contributed by atoms with Crippen LogP contribution in [0.2, 0.25) is 0 Å². The molecule has 2 heterocycles. The third-order valence-electron chi connectivity index (χ3n) is 3.02. The quantitative estimate of drug-likeness (QED) is 0.673. The largest absolute Gasteiger partial charge is 0.337 e. The van der Waals surface area contributed by atoms with Gasteiger partial charge in [0.2, 0.25) is 0 Å². The molecular formula is C15H10N2O2S. The molecule has 98 valence electrons. The molecule has 0 aliphatic heterocycles. The van der Waals surface area contributed by atoms with Gasteiger partial charge in [-0.25, -0.2) is 9.36 Å². The second-order valence-electron chi connectivity index (χ2n) is 4.18. The lowest BCUT2D eigenvalue weighted by atomic mass is 10.3. The van der Waals surface area contributed by atoms with Crippen LogP contribution in [0.3, 0.4) is 0 Å². The molecule has 0 unspecified atom stereocenters. The highest BCUT2D eigenvalue weighted by Crippen LogP contribution is 2.16. The summed E-state index contributed by atoms with van der Waals surface area (Å²) < 4.78 is 3.14. The minimum absolute atomic E-state index is 0.138. The number of para-hydroxylation sites is 1. The second kappa shape index (κ2) is 4.83. The zero-order chi connectivity index (χ0) is 14.1. The van der Waals surface area contributed by atoms with Crippen molar-refractivity contribution in [3.63, 3.8) is 0 Å². The number of hydrogen-bond donors (Lipinski definition) is 0. The summed E-state index contributed by atoms with van der Waals surface area (Å²) >= 11 is 1.31. The second-order valence-corrected chi connectivity index (χ2v) is 5.10. The molecule has 0 atom stereocenters. The van der Waals surface area contributed by atoms with E-state index < -0.39 is 5.69 Å². The smallest absolute Gasteiger partial charge is 0.280 e. The van der Waals surface area contributed by atoms with Crippen molar-refractivity contribution in [1.29, 1.82) is 0 Å². The Hall–Kier alpha value is -2.58. The molecule has 0 saturated heterocycles. The fourth-order valence-electron chi connectivity index (χ4n) is 2.14. The third kappa shape index (κ3) is 1.78. The van der Waals surface area contributed by atoms with Gasteiger partial charge in [-0.2, -0.15) is 0 Å². The highest BCUT2D eigenvalue weighted by molar-refractivity contribution is 7.17. The molecule has 0 aliphatic rings. The minimum atomic E-state index is -0.412. The van der Waals surface area contributed by atoms with Crippen LogP contribution in [0.5, 0.6) is 0 Å². The van der Waals surface area contributed by atoms with Crippen LogP contribution in [0.25, 0.3) is 15.9 Å². The van der Waals surface area contributed by atoms with Crippen LogP contribution in [0.15, 0.2) is 51.4 Å². The van der Waals surface area contributed by atoms with Gasteiger partial charge in [0, 0.05) is 0 Å². The molecule has 0 N–H and O–H groups in total. The Labute approximate surface area is 118 Å². The van der Waals surface area contributed by atoms with E-state index in [0.717, 1.165) is 4.57 Å². The Balaban J connectivity index is 2.48. The molecule has 3 rings (SSSR count). The predicted octanol–water partition coefficient (Wildman–Crippen LogP) is 1.85. The standard InChI is InChI=1S/C15H10N2O2S/c1-2-9-16-12-8-10-20-13(12)14(18)17(15(16)19)11-6-4-3-5-7-11/h1,3-8,10H,9H2. The van der Waals surface area contributed by atoms with Crippen molar-refractivity contribution in [3.8, 4) is 18.0 Å². The first kappa shape index (κ1) is 12.5. The summed E-state index contributed by atoms with van der Waals surface area (Å²) in [6, 6.07) is 10.6. The molecule has 1 aromatic carbocycles. The van der Waals surface area contributed by atoms with Gasteiger partial charge < -0.3 is 0 Å². The Bertz CT molecular complexity index is 926. The lowest BCUT2D eigenvalue weighted by Gasteiger charge is -2.09. The minimum Gasteiger partial charge on any atom is -0.280 e. The van der Waals surface area contributed by atoms with E-state index in [1.807, 2.05) is 6.07 Å². The molecule has 5 heteroatoms. The molecule has 0 fully saturated rings. The summed E-state index contributed by atoms with van der Waals surface area (Å²) in [6.45, 7) is 0.138. The van der Waals surface area contributed by atoms with Gasteiger partial charge in [-0.1, -0.05) is 24.1 Å². The van der Waals surface area contributed by atoms with E-state index in [9.17, 15) is 9.59 Å². The summed E-state index contributed by atoms with van der Waals surface area (Å²) in [6.07, 6.45) is 5.32. The Kier molecular flexibility index (Phi) is 3.01. The monoisotopic (exact) mass is 282 g/mol. The van der Waals surface area contributed by atoms with Crippen LogP contribution >= 0.6 is 11.3 Å². The maximum atomic E-state index is 12.5. The van der Waals surface area contributed by atoms with Gasteiger partial charge in [0.05, 0.1) is 17.7 Å². The molecule has 4 nitrogen and oxygen atoms in total. The van der Waals surface area contributed by atoms with E-state index >= 15 is 0 Å². The van der Waals surface area contributed by atoms with E-state index in [1.165, 1.54) is 15.9 Å². The van der Waals surface area contributed by atoms with Crippen molar-refractivity contribution in [1.82, 2.24) is 9.13 Å². The van der Waals surface area contributed by atoms with Crippen LogP contribution in [-0.2, 0) is 6.54 Å². The van der Waals surface area contributed by atoms with Crippen molar-refractivity contribution in [2.45, 2.75) is 6.54 Å². The first-order chi connectivity index (χ1) is 9.74. The van der Waals surface area contributed by atoms with Crippen LogP contribution in [0.1, 0.15) is 0 Å². The number of hydrogen-bond acceptors (Lipinski definition) is 3. The van der Waals surface area contributed by atoms with Crippen LogP contribution in [0.4, 0.5) is 0 Å². The van der Waals surface area contributed by atoms with Crippen molar-refractivity contribution in [2.24, 2.45) is 0 Å². The van der Waals surface area contributed by atoms with Gasteiger partial charge in [0.25, 0.3) is 5.56 Å². The fraction of sp³-hybridized carbons (Fsp3) is 0.0667. The van der Waals surface area contributed by atoms with Crippen LogP contribution in [-0.4, -0.2) is 9.13 Å². The fourth-order valence-corrected chi connectivity index (χ4v) is 2.96. The summed E-state index contributed by atoms with van der Waals surface area (Å²) in [4.78, 5) is 25.0. The number of fused-ring (bicyclic) bond motifs is 1. The first-order valence-electron chi connectivity index (χ1n) is 5.96. The molecule has 0 radical (unpaired) electrons. The topological polar surface area (TPSA) is 44.0 Å². The number of nitrogens with zero attached hydrogens (tertiary/aromatic N) is 2. The molecule has 0 spiro atoms. The van der Waals surface area contributed by atoms with E-state index in [1.54, 1.807) is 35.7 Å². The normalized spacial score (nSPS) is 10.6. The molecule has 20 heavy (non-hydrogen) atoms. The van der Waals surface area contributed by atoms with Crippen molar-refractivity contribution >= 4 is 21.6 Å². The molecule has 0 amide bonds. The Morgan fingerprint density at radius 3 is 2.60 bits per heavy atom. The van der Waals surface area contributed by atoms with Gasteiger partial charge in [-0.05, 0) is 23.6 Å². The lowest BCUT2D eigenvalue weighted by Crippen LogP contribution is -2.38. The maximum absolute atomic E-state index is 12.5. The number of aromatic nitrogens is 2. The zero-order valence-electron chi connectivity index (χ0n) is 10.4. The zero-order valence-corrected chi connectivity index (χ0v) is 11.3. The van der Waals surface area contributed by atoms with E-state index in [-0.39, 0.29) is 12.1 Å². The van der Waals surface area contributed by atoms with E-state index in [4.69, 9.17) is 6.42 Å². The van der Waals surface area contributed by atoms with Gasteiger partial charge in [0.15, 0.2) is 0 Å². The van der Waals surface area contributed by atoms with Crippen molar-refractivity contribution < 1.29 is 0 Å². The highest BCUT2D eigenvalue weighted by Gasteiger charge is 2.14. The number of thiophene rings is 1. The molecule has 0 bridgehead atoms. The summed E-state index contributed by atoms with van der Waals surface area (Å²) in [5.41, 5.74) is 0.420. The molecular weight excluding hydrogens is 272 g/mol. The first-order valence-corrected chi connectivity index (χ1v) is 6.84. The average molecular weight is 282 g/mol. The lowest BCUT2D eigenvalue weighted by molar-refractivity contribution is 0.739. The summed E-state index contributed by atoms with van der Waals surface area (Å²) in [5.74, 6) is 2.46. The number of terminal acetylenes is 1. The number of benzene rings is 1. The van der Waals surface area contributed by atoms with Gasteiger partial charge in [-0.3, -0.25) is 9.36 Å². The Morgan fingerprint density at radius 1 is 1.15 bits per heavy atom. The molecule has 0 aliphatic carbocycles. The van der Waals surface area contributed by atoms with Crippen molar-refractivity contribution in [2.75, 3.05) is 0 Å². The van der Waals surface area contributed by atoms with Crippen molar-refractivity contribution in [3.05, 3.63) is 62.6 Å². The number of rotatable bonds is 2. The van der Waals surface area contributed by atoms with E-state index in [2.05, 4.69) is 5.92 Å². The third-order valence-corrected chi connectivity index (χ3v) is 3.91. The SMILES string of the molecule is C#CCn1c(=O)n(-c2ccccc2)c(=O)c2sccc21. The molecule has 2 aromatic heterocycles. The molecule has 0 saturated carbocycles. The van der Waals surface area contributed by atoms with Gasteiger partial charge in [0.1, 0.15) is 4.70 Å². The van der Waals surface area contributed by atoms with Gasteiger partial charge >= 0.3 is 5.69 Å². The molecule has 3 aromatic rings. The van der Waals surface area contributed by atoms with Crippen LogP contribution in [0, 0.1) is 12.3 Å². The summed E-state index contributed by atoms with van der Waals surface area (Å²) in [7, 11) is 0. The Morgan fingerprint density at radius 2 is 1.90 bits per heavy atom. The van der Waals surface area contributed by atoms with E-state index in [0.29, 0.717) is 15.9 Å².